The van der Waals surface area contributed by atoms with E-state index in [1.54, 1.807) is 0 Å². The van der Waals surface area contributed by atoms with Crippen LogP contribution in [0, 0.1) is 5.41 Å². The number of aromatic amines is 1. The molecule has 1 saturated carbocycles. The Morgan fingerprint density at radius 2 is 2.00 bits per heavy atom. The van der Waals surface area contributed by atoms with Crippen molar-refractivity contribution in [3.05, 3.63) is 36.0 Å². The summed E-state index contributed by atoms with van der Waals surface area (Å²) >= 11 is 0. The van der Waals surface area contributed by atoms with Gasteiger partial charge in [0, 0.05) is 18.7 Å². The second-order valence-electron chi connectivity index (χ2n) is 5.80. The first-order valence-corrected chi connectivity index (χ1v) is 7.49. The van der Waals surface area contributed by atoms with Crippen LogP contribution in [0.25, 0.3) is 11.3 Å². The molecule has 1 heterocycles. The molecule has 3 rings (SSSR count). The third-order valence-electron chi connectivity index (χ3n) is 4.62. The number of benzene rings is 1. The third kappa shape index (κ3) is 2.61. The van der Waals surface area contributed by atoms with Crippen LogP contribution in [0.15, 0.2) is 30.3 Å². The monoisotopic (exact) mass is 270 g/mol. The van der Waals surface area contributed by atoms with Crippen molar-refractivity contribution in [2.75, 3.05) is 6.54 Å². The van der Waals surface area contributed by atoms with Gasteiger partial charge in [0.2, 0.25) is 0 Å². The molecule has 0 atom stereocenters. The zero-order valence-electron chi connectivity index (χ0n) is 12.0. The summed E-state index contributed by atoms with van der Waals surface area (Å²) in [7, 11) is 0. The van der Waals surface area contributed by atoms with Crippen LogP contribution in [0.5, 0.6) is 0 Å². The molecule has 1 aromatic carbocycles. The fourth-order valence-electron chi connectivity index (χ4n) is 2.98. The summed E-state index contributed by atoms with van der Waals surface area (Å²) in [6, 6.07) is 10.2. The molecule has 4 nitrogen and oxygen atoms in total. The Kier molecular flexibility index (Phi) is 3.83. The molecule has 0 saturated heterocycles. The molecule has 20 heavy (non-hydrogen) atoms. The molecule has 2 N–H and O–H groups in total. The van der Waals surface area contributed by atoms with E-state index < -0.39 is 0 Å². The van der Waals surface area contributed by atoms with Gasteiger partial charge in [0.25, 0.3) is 0 Å². The summed E-state index contributed by atoms with van der Waals surface area (Å²) in [5, 5.41) is 14.9. The lowest BCUT2D eigenvalue weighted by molar-refractivity contribution is 0.123. The third-order valence-corrected chi connectivity index (χ3v) is 4.62. The lowest BCUT2D eigenvalue weighted by atomic mass is 9.67. The van der Waals surface area contributed by atoms with Crippen LogP contribution < -0.4 is 5.32 Å². The molecule has 1 aliphatic carbocycles. The standard InChI is InChI=1S/C16H22N4/c1-2-16(9-6-10-16)12-17-11-14-15(19-20-18-14)13-7-4-3-5-8-13/h3-5,7-8,17H,2,6,9-12H2,1H3,(H,18,19,20). The topological polar surface area (TPSA) is 53.6 Å². The second-order valence-corrected chi connectivity index (χ2v) is 5.80. The normalized spacial score (nSPS) is 16.9. The van der Waals surface area contributed by atoms with Gasteiger partial charge in [-0.25, -0.2) is 0 Å². The average Bonchev–Trinajstić information content (AvgIpc) is 2.91. The maximum atomic E-state index is 4.28. The molecule has 106 valence electrons. The van der Waals surface area contributed by atoms with Crippen molar-refractivity contribution in [1.82, 2.24) is 20.7 Å². The number of hydrogen-bond acceptors (Lipinski definition) is 3. The molecule has 2 aromatic rings. The van der Waals surface area contributed by atoms with E-state index in [9.17, 15) is 0 Å². The predicted molar refractivity (Wildman–Crippen MR) is 80.1 cm³/mol. The number of aromatic nitrogens is 3. The summed E-state index contributed by atoms with van der Waals surface area (Å²) in [6.45, 7) is 4.17. The number of rotatable bonds is 6. The summed E-state index contributed by atoms with van der Waals surface area (Å²) < 4.78 is 0. The highest BCUT2D eigenvalue weighted by molar-refractivity contribution is 5.60. The van der Waals surface area contributed by atoms with Gasteiger partial charge in [0.05, 0.1) is 0 Å². The van der Waals surface area contributed by atoms with Crippen LogP contribution >= 0.6 is 0 Å². The van der Waals surface area contributed by atoms with Crippen LogP contribution in [0.1, 0.15) is 38.3 Å². The van der Waals surface area contributed by atoms with Crippen LogP contribution in [0.2, 0.25) is 0 Å². The first-order chi connectivity index (χ1) is 9.83. The van der Waals surface area contributed by atoms with Gasteiger partial charge in [-0.15, -0.1) is 0 Å². The van der Waals surface area contributed by atoms with E-state index in [1.165, 1.54) is 25.7 Å². The molecule has 4 heteroatoms. The SMILES string of the molecule is CCC1(CNCc2n[nH]nc2-c2ccccc2)CCC1. The number of hydrogen-bond donors (Lipinski definition) is 2. The fraction of sp³-hybridized carbons (Fsp3) is 0.500. The van der Waals surface area contributed by atoms with E-state index in [-0.39, 0.29) is 0 Å². The molecule has 0 spiro atoms. The molecule has 1 aliphatic rings. The van der Waals surface area contributed by atoms with Gasteiger partial charge in [0.1, 0.15) is 11.4 Å². The zero-order chi connectivity index (χ0) is 13.8. The maximum absolute atomic E-state index is 4.28. The van der Waals surface area contributed by atoms with Crippen molar-refractivity contribution >= 4 is 0 Å². The summed E-state index contributed by atoms with van der Waals surface area (Å²) in [5.74, 6) is 0. The van der Waals surface area contributed by atoms with E-state index in [2.05, 4.69) is 39.8 Å². The smallest absolute Gasteiger partial charge is 0.117 e. The van der Waals surface area contributed by atoms with Crippen LogP contribution in [0.3, 0.4) is 0 Å². The highest BCUT2D eigenvalue weighted by Crippen LogP contribution is 2.43. The van der Waals surface area contributed by atoms with E-state index in [0.717, 1.165) is 30.0 Å². The quantitative estimate of drug-likeness (QED) is 0.848. The minimum Gasteiger partial charge on any atom is -0.310 e. The summed E-state index contributed by atoms with van der Waals surface area (Å²) in [4.78, 5) is 0. The van der Waals surface area contributed by atoms with Gasteiger partial charge in [-0.2, -0.15) is 15.4 Å². The van der Waals surface area contributed by atoms with Gasteiger partial charge in [-0.3, -0.25) is 0 Å². The van der Waals surface area contributed by atoms with E-state index >= 15 is 0 Å². The Morgan fingerprint density at radius 3 is 2.65 bits per heavy atom. The molecule has 0 aliphatic heterocycles. The molecule has 0 amide bonds. The van der Waals surface area contributed by atoms with Crippen molar-refractivity contribution < 1.29 is 0 Å². The fourth-order valence-corrected chi connectivity index (χ4v) is 2.98. The van der Waals surface area contributed by atoms with Gasteiger partial charge in [-0.05, 0) is 24.7 Å². The Labute approximate surface area is 120 Å². The molecule has 1 aromatic heterocycles. The highest BCUT2D eigenvalue weighted by atomic mass is 15.3. The van der Waals surface area contributed by atoms with Crippen molar-refractivity contribution in [1.29, 1.82) is 0 Å². The van der Waals surface area contributed by atoms with Crippen molar-refractivity contribution in [3.63, 3.8) is 0 Å². The minimum atomic E-state index is 0.538. The number of H-pyrrole nitrogens is 1. The van der Waals surface area contributed by atoms with Crippen LogP contribution in [-0.2, 0) is 6.54 Å². The van der Waals surface area contributed by atoms with Gasteiger partial charge < -0.3 is 5.32 Å². The number of nitrogens with one attached hydrogen (secondary N) is 2. The first-order valence-electron chi connectivity index (χ1n) is 7.49. The van der Waals surface area contributed by atoms with E-state index in [4.69, 9.17) is 0 Å². The molecule has 0 radical (unpaired) electrons. The lowest BCUT2D eigenvalue weighted by Gasteiger charge is -2.41. The predicted octanol–water partition coefficient (Wildman–Crippen LogP) is 3.14. The lowest BCUT2D eigenvalue weighted by Crippen LogP contribution is -2.39. The second kappa shape index (κ2) is 5.75. The van der Waals surface area contributed by atoms with Crippen molar-refractivity contribution in [3.8, 4) is 11.3 Å². The van der Waals surface area contributed by atoms with Crippen molar-refractivity contribution in [2.45, 2.75) is 39.2 Å². The largest absolute Gasteiger partial charge is 0.310 e. The van der Waals surface area contributed by atoms with E-state index in [0.29, 0.717) is 5.41 Å². The Balaban J connectivity index is 1.63. The Hall–Kier alpha value is -1.68. The average molecular weight is 270 g/mol. The highest BCUT2D eigenvalue weighted by Gasteiger charge is 2.34. The number of nitrogens with zero attached hydrogens (tertiary/aromatic N) is 2. The molecule has 0 bridgehead atoms. The molecular weight excluding hydrogens is 248 g/mol. The van der Waals surface area contributed by atoms with Gasteiger partial charge >= 0.3 is 0 Å². The first kappa shape index (κ1) is 13.3. The van der Waals surface area contributed by atoms with E-state index in [1.807, 2.05) is 18.2 Å². The van der Waals surface area contributed by atoms with Crippen LogP contribution in [0.4, 0.5) is 0 Å². The summed E-state index contributed by atoms with van der Waals surface area (Å²) in [5.41, 5.74) is 3.61. The van der Waals surface area contributed by atoms with Gasteiger partial charge in [0.15, 0.2) is 0 Å². The minimum absolute atomic E-state index is 0.538. The van der Waals surface area contributed by atoms with Gasteiger partial charge in [-0.1, -0.05) is 43.7 Å². The Morgan fingerprint density at radius 1 is 1.20 bits per heavy atom. The maximum Gasteiger partial charge on any atom is 0.117 e. The summed E-state index contributed by atoms with van der Waals surface area (Å²) in [6.07, 6.45) is 5.38. The molecule has 0 unspecified atom stereocenters. The van der Waals surface area contributed by atoms with Crippen molar-refractivity contribution in [2.24, 2.45) is 5.41 Å². The Bertz CT molecular complexity index is 537. The molecular formula is C16H22N4. The zero-order valence-corrected chi connectivity index (χ0v) is 12.0. The van der Waals surface area contributed by atoms with Crippen LogP contribution in [-0.4, -0.2) is 22.0 Å². The molecule has 1 fully saturated rings.